The van der Waals surface area contributed by atoms with Crippen molar-refractivity contribution >= 4 is 5.91 Å². The zero-order valence-corrected chi connectivity index (χ0v) is 14.0. The molecular formula is C20H24FNO2. The Morgan fingerprint density at radius 1 is 1.17 bits per heavy atom. The second-order valence-electron chi connectivity index (χ2n) is 6.19. The molecule has 1 amide bonds. The number of amides is 1. The highest BCUT2D eigenvalue weighted by Gasteiger charge is 2.10. The summed E-state index contributed by atoms with van der Waals surface area (Å²) in [5, 5.41) is 11.9. The van der Waals surface area contributed by atoms with Crippen molar-refractivity contribution in [2.45, 2.75) is 39.3 Å². The number of aliphatic hydroxyl groups excluding tert-OH is 1. The second kappa shape index (κ2) is 9.18. The van der Waals surface area contributed by atoms with Gasteiger partial charge in [0.25, 0.3) is 0 Å². The van der Waals surface area contributed by atoms with Crippen molar-refractivity contribution in [2.24, 2.45) is 5.92 Å². The molecule has 0 saturated carbocycles. The fourth-order valence-electron chi connectivity index (χ4n) is 2.61. The summed E-state index contributed by atoms with van der Waals surface area (Å²) in [5.74, 6) is -0.140. The van der Waals surface area contributed by atoms with Crippen molar-refractivity contribution in [1.29, 1.82) is 0 Å². The molecule has 0 aromatic heterocycles. The first kappa shape index (κ1) is 18.1. The summed E-state index contributed by atoms with van der Waals surface area (Å²) in [7, 11) is 0. The zero-order chi connectivity index (χ0) is 17.4. The van der Waals surface area contributed by atoms with Crippen LogP contribution in [0.5, 0.6) is 0 Å². The molecule has 2 aromatic rings. The summed E-state index contributed by atoms with van der Waals surface area (Å²) < 4.78 is 13.3. The number of carbonyl (C=O) groups is 1. The van der Waals surface area contributed by atoms with Gasteiger partial charge in [-0.2, -0.15) is 0 Å². The number of hydrogen-bond donors (Lipinski definition) is 2. The van der Waals surface area contributed by atoms with E-state index in [2.05, 4.69) is 24.4 Å². The summed E-state index contributed by atoms with van der Waals surface area (Å²) in [6, 6.07) is 14.8. The largest absolute Gasteiger partial charge is 0.392 e. The fraction of sp³-hybridized carbons (Fsp3) is 0.350. The number of benzene rings is 2. The molecule has 24 heavy (non-hydrogen) atoms. The number of halogens is 1. The van der Waals surface area contributed by atoms with Gasteiger partial charge in [-0.15, -0.1) is 0 Å². The number of aryl methyl sites for hydroxylation is 1. The standard InChI is InChI=1S/C20H24FNO2/c1-15(7-8-16-5-3-2-4-6-16)11-20(24)22-13-17-9-10-19(21)18(12-17)14-23/h2-6,9-10,12,15,23H,7-8,11,13-14H2,1H3,(H,22,24). The summed E-state index contributed by atoms with van der Waals surface area (Å²) in [4.78, 5) is 12.0. The molecule has 0 fully saturated rings. The molecule has 2 rings (SSSR count). The molecular weight excluding hydrogens is 305 g/mol. The fourth-order valence-corrected chi connectivity index (χ4v) is 2.61. The van der Waals surface area contributed by atoms with Crippen LogP contribution in [0.2, 0.25) is 0 Å². The molecule has 0 aliphatic rings. The normalized spacial score (nSPS) is 12.0. The van der Waals surface area contributed by atoms with E-state index in [4.69, 9.17) is 5.11 Å². The maximum atomic E-state index is 13.3. The van der Waals surface area contributed by atoms with E-state index in [1.54, 1.807) is 12.1 Å². The number of rotatable bonds is 8. The lowest BCUT2D eigenvalue weighted by Gasteiger charge is -2.12. The Hall–Kier alpha value is -2.20. The van der Waals surface area contributed by atoms with Crippen LogP contribution in [-0.4, -0.2) is 11.0 Å². The third-order valence-corrected chi connectivity index (χ3v) is 4.07. The lowest BCUT2D eigenvalue weighted by Crippen LogP contribution is -2.24. The SMILES string of the molecule is CC(CCc1ccccc1)CC(=O)NCc1ccc(F)c(CO)c1. The van der Waals surface area contributed by atoms with E-state index >= 15 is 0 Å². The lowest BCUT2D eigenvalue weighted by molar-refractivity contribution is -0.122. The Labute approximate surface area is 142 Å². The predicted molar refractivity (Wildman–Crippen MR) is 92.7 cm³/mol. The van der Waals surface area contributed by atoms with Gasteiger partial charge in [0.1, 0.15) is 5.82 Å². The van der Waals surface area contributed by atoms with Crippen molar-refractivity contribution < 1.29 is 14.3 Å². The molecule has 2 aromatic carbocycles. The Morgan fingerprint density at radius 3 is 2.62 bits per heavy atom. The molecule has 0 spiro atoms. The van der Waals surface area contributed by atoms with Crippen LogP contribution >= 0.6 is 0 Å². The van der Waals surface area contributed by atoms with Crippen LogP contribution in [-0.2, 0) is 24.4 Å². The van der Waals surface area contributed by atoms with Crippen molar-refractivity contribution in [3.8, 4) is 0 Å². The van der Waals surface area contributed by atoms with Gasteiger partial charge in [0, 0.05) is 18.5 Å². The van der Waals surface area contributed by atoms with Crippen LogP contribution in [0.25, 0.3) is 0 Å². The van der Waals surface area contributed by atoms with Crippen molar-refractivity contribution in [3.63, 3.8) is 0 Å². The minimum Gasteiger partial charge on any atom is -0.392 e. The van der Waals surface area contributed by atoms with Gasteiger partial charge >= 0.3 is 0 Å². The van der Waals surface area contributed by atoms with Gasteiger partial charge in [-0.1, -0.05) is 43.3 Å². The minimum absolute atomic E-state index is 0.00886. The summed E-state index contributed by atoms with van der Waals surface area (Å²) in [6.07, 6.45) is 2.40. The highest BCUT2D eigenvalue weighted by atomic mass is 19.1. The van der Waals surface area contributed by atoms with E-state index in [1.165, 1.54) is 11.6 Å². The first-order valence-corrected chi connectivity index (χ1v) is 8.27. The molecule has 1 unspecified atom stereocenters. The Bertz CT molecular complexity index is 658. The summed E-state index contributed by atoms with van der Waals surface area (Å²) in [5.41, 5.74) is 2.32. The molecule has 0 aliphatic heterocycles. The lowest BCUT2D eigenvalue weighted by atomic mass is 9.98. The first-order valence-electron chi connectivity index (χ1n) is 8.27. The molecule has 2 N–H and O–H groups in total. The maximum Gasteiger partial charge on any atom is 0.220 e. The monoisotopic (exact) mass is 329 g/mol. The number of nitrogens with one attached hydrogen (secondary N) is 1. The van der Waals surface area contributed by atoms with E-state index in [0.717, 1.165) is 18.4 Å². The Morgan fingerprint density at radius 2 is 1.92 bits per heavy atom. The van der Waals surface area contributed by atoms with Crippen LogP contribution in [0.1, 0.15) is 36.5 Å². The van der Waals surface area contributed by atoms with E-state index in [0.29, 0.717) is 18.9 Å². The van der Waals surface area contributed by atoms with Gasteiger partial charge in [-0.25, -0.2) is 4.39 Å². The molecule has 0 aliphatic carbocycles. The second-order valence-corrected chi connectivity index (χ2v) is 6.19. The summed E-state index contributed by atoms with van der Waals surface area (Å²) in [6.45, 7) is 2.08. The van der Waals surface area contributed by atoms with Crippen LogP contribution < -0.4 is 5.32 Å². The molecule has 0 bridgehead atoms. The summed E-state index contributed by atoms with van der Waals surface area (Å²) >= 11 is 0. The molecule has 0 saturated heterocycles. The van der Waals surface area contributed by atoms with E-state index in [9.17, 15) is 9.18 Å². The van der Waals surface area contributed by atoms with E-state index in [1.807, 2.05) is 18.2 Å². The molecule has 128 valence electrons. The van der Waals surface area contributed by atoms with E-state index in [-0.39, 0.29) is 18.1 Å². The van der Waals surface area contributed by atoms with Crippen molar-refractivity contribution in [1.82, 2.24) is 5.32 Å². The van der Waals surface area contributed by atoms with Crippen LogP contribution in [0, 0.1) is 11.7 Å². The van der Waals surface area contributed by atoms with Gasteiger partial charge in [0.2, 0.25) is 5.91 Å². The minimum atomic E-state index is -0.429. The Kier molecular flexibility index (Phi) is 6.94. The van der Waals surface area contributed by atoms with Crippen molar-refractivity contribution in [3.05, 3.63) is 71.0 Å². The van der Waals surface area contributed by atoms with Gasteiger partial charge in [0.15, 0.2) is 0 Å². The highest BCUT2D eigenvalue weighted by molar-refractivity contribution is 5.76. The number of carbonyl (C=O) groups excluding carboxylic acids is 1. The van der Waals surface area contributed by atoms with Gasteiger partial charge in [-0.05, 0) is 42.0 Å². The van der Waals surface area contributed by atoms with Gasteiger partial charge < -0.3 is 10.4 Å². The zero-order valence-electron chi connectivity index (χ0n) is 14.0. The molecule has 3 nitrogen and oxygen atoms in total. The van der Waals surface area contributed by atoms with Crippen molar-refractivity contribution in [2.75, 3.05) is 0 Å². The number of aliphatic hydroxyl groups is 1. The third-order valence-electron chi connectivity index (χ3n) is 4.07. The molecule has 4 heteroatoms. The molecule has 0 heterocycles. The quantitative estimate of drug-likeness (QED) is 0.777. The topological polar surface area (TPSA) is 49.3 Å². The van der Waals surface area contributed by atoms with Crippen LogP contribution in [0.4, 0.5) is 4.39 Å². The van der Waals surface area contributed by atoms with Gasteiger partial charge in [0.05, 0.1) is 6.61 Å². The maximum absolute atomic E-state index is 13.3. The highest BCUT2D eigenvalue weighted by Crippen LogP contribution is 2.13. The average Bonchev–Trinajstić information content (AvgIpc) is 2.60. The third kappa shape index (κ3) is 5.78. The smallest absolute Gasteiger partial charge is 0.220 e. The predicted octanol–water partition coefficient (Wildman–Crippen LogP) is 3.59. The first-order chi connectivity index (χ1) is 11.6. The van der Waals surface area contributed by atoms with E-state index < -0.39 is 5.82 Å². The Balaban J connectivity index is 1.74. The van der Waals surface area contributed by atoms with Crippen LogP contribution in [0.3, 0.4) is 0 Å². The average molecular weight is 329 g/mol. The van der Waals surface area contributed by atoms with Crippen LogP contribution in [0.15, 0.2) is 48.5 Å². The van der Waals surface area contributed by atoms with Gasteiger partial charge in [-0.3, -0.25) is 4.79 Å². The number of hydrogen-bond acceptors (Lipinski definition) is 2. The molecule has 0 radical (unpaired) electrons. The molecule has 1 atom stereocenters.